The predicted molar refractivity (Wildman–Crippen MR) is 97.7 cm³/mol. The fourth-order valence-electron chi connectivity index (χ4n) is 3.14. The van der Waals surface area contributed by atoms with Gasteiger partial charge in [-0.1, -0.05) is 50.8 Å². The Balaban J connectivity index is 1.73. The highest BCUT2D eigenvalue weighted by Crippen LogP contribution is 2.47. The maximum atomic E-state index is 12.2. The number of carbonyl (C=O) groups excluding carboxylic acids is 2. The SMILES string of the molecule is CCCCCC/C=C/C1C2=C(O2)C(=O)/C1=C\CCCCCC(=O)OC. The average Bonchev–Trinajstić information content (AvgIpc) is 3.36. The molecule has 138 valence electrons. The van der Waals surface area contributed by atoms with Crippen LogP contribution in [-0.4, -0.2) is 18.9 Å². The average molecular weight is 346 g/mol. The number of rotatable bonds is 12. The number of unbranched alkanes of at least 4 members (excludes halogenated alkanes) is 7. The Morgan fingerprint density at radius 3 is 2.64 bits per heavy atom. The molecule has 1 atom stereocenters. The minimum atomic E-state index is -0.154. The Morgan fingerprint density at radius 2 is 1.88 bits per heavy atom. The predicted octanol–water partition coefficient (Wildman–Crippen LogP) is 5.00. The van der Waals surface area contributed by atoms with E-state index in [1.54, 1.807) is 0 Å². The molecule has 4 nitrogen and oxygen atoms in total. The molecule has 2 aliphatic rings. The largest absolute Gasteiger partial charge is 0.469 e. The zero-order valence-electron chi connectivity index (χ0n) is 15.5. The molecule has 2 rings (SSSR count). The molecule has 1 aliphatic carbocycles. The van der Waals surface area contributed by atoms with E-state index < -0.39 is 0 Å². The Labute approximate surface area is 151 Å². The summed E-state index contributed by atoms with van der Waals surface area (Å²) in [6, 6.07) is 0. The molecule has 1 aliphatic heterocycles. The van der Waals surface area contributed by atoms with Crippen molar-refractivity contribution in [2.24, 2.45) is 5.92 Å². The second-order valence-electron chi connectivity index (χ2n) is 6.71. The normalized spacial score (nSPS) is 20.3. The first-order valence-corrected chi connectivity index (χ1v) is 9.59. The fraction of sp³-hybridized carbons (Fsp3) is 0.619. The van der Waals surface area contributed by atoms with Gasteiger partial charge in [0.25, 0.3) is 0 Å². The quantitative estimate of drug-likeness (QED) is 0.216. The second kappa shape index (κ2) is 10.2. The maximum absolute atomic E-state index is 12.2. The van der Waals surface area contributed by atoms with E-state index in [0.29, 0.717) is 12.2 Å². The van der Waals surface area contributed by atoms with Gasteiger partial charge in [-0.25, -0.2) is 0 Å². The topological polar surface area (TPSA) is 55.9 Å². The minimum Gasteiger partial charge on any atom is -0.469 e. The third-order valence-corrected chi connectivity index (χ3v) is 4.71. The van der Waals surface area contributed by atoms with Crippen molar-refractivity contribution in [1.29, 1.82) is 0 Å². The molecule has 0 spiro atoms. The molecule has 0 bridgehead atoms. The van der Waals surface area contributed by atoms with E-state index in [0.717, 1.165) is 43.4 Å². The van der Waals surface area contributed by atoms with Gasteiger partial charge >= 0.3 is 5.97 Å². The van der Waals surface area contributed by atoms with E-state index in [2.05, 4.69) is 29.9 Å². The lowest BCUT2D eigenvalue weighted by Gasteiger charge is -2.09. The van der Waals surface area contributed by atoms with E-state index in [1.165, 1.54) is 32.8 Å². The van der Waals surface area contributed by atoms with Gasteiger partial charge in [0.1, 0.15) is 0 Å². The van der Waals surface area contributed by atoms with Crippen molar-refractivity contribution < 1.29 is 19.1 Å². The molecule has 0 saturated heterocycles. The molecular formula is C21H30O4. The zero-order chi connectivity index (χ0) is 18.1. The molecule has 0 aromatic rings. The summed E-state index contributed by atoms with van der Waals surface area (Å²) in [5.74, 6) is 1.36. The third-order valence-electron chi connectivity index (χ3n) is 4.71. The molecule has 0 fully saturated rings. The molecule has 0 aromatic heterocycles. The van der Waals surface area contributed by atoms with Gasteiger partial charge in [0, 0.05) is 12.0 Å². The van der Waals surface area contributed by atoms with Crippen molar-refractivity contribution in [2.45, 2.75) is 71.1 Å². The van der Waals surface area contributed by atoms with Crippen LogP contribution < -0.4 is 0 Å². The van der Waals surface area contributed by atoms with E-state index in [1.807, 2.05) is 0 Å². The first-order valence-electron chi connectivity index (χ1n) is 9.59. The van der Waals surface area contributed by atoms with Crippen molar-refractivity contribution in [3.05, 3.63) is 35.3 Å². The van der Waals surface area contributed by atoms with Gasteiger partial charge in [-0.3, -0.25) is 9.59 Å². The first-order chi connectivity index (χ1) is 12.2. The van der Waals surface area contributed by atoms with Crippen LogP contribution in [0.2, 0.25) is 0 Å². The zero-order valence-corrected chi connectivity index (χ0v) is 15.5. The number of hydrogen-bond acceptors (Lipinski definition) is 4. The summed E-state index contributed by atoms with van der Waals surface area (Å²) >= 11 is 0. The number of hydrogen-bond donors (Lipinski definition) is 0. The standard InChI is InChI=1S/C21H30O4/c1-3-4-5-6-7-11-14-17-16(19(23)21-20(17)25-21)13-10-8-9-12-15-18(22)24-2/h11,13-14,17H,3-10,12,15H2,1-2H3/b14-11+,16-13-. The molecule has 0 saturated carbocycles. The summed E-state index contributed by atoms with van der Waals surface area (Å²) < 4.78 is 9.96. The lowest BCUT2D eigenvalue weighted by Crippen LogP contribution is -2.08. The Bertz CT molecular complexity index is 568. The van der Waals surface area contributed by atoms with Gasteiger partial charge in [-0.05, 0) is 32.1 Å². The highest BCUT2D eigenvalue weighted by atomic mass is 16.6. The van der Waals surface area contributed by atoms with Gasteiger partial charge in [0.05, 0.1) is 13.0 Å². The first kappa shape index (κ1) is 19.5. The number of esters is 1. The van der Waals surface area contributed by atoms with Crippen molar-refractivity contribution in [3.8, 4) is 0 Å². The number of Topliss-reactive ketones (excluding diaryl/α,β-unsaturated/α-hetero) is 1. The molecule has 0 N–H and O–H groups in total. The Morgan fingerprint density at radius 1 is 1.12 bits per heavy atom. The lowest BCUT2D eigenvalue weighted by atomic mass is 9.97. The van der Waals surface area contributed by atoms with Crippen LogP contribution in [-0.2, 0) is 19.1 Å². The van der Waals surface area contributed by atoms with Crippen LogP contribution in [0.25, 0.3) is 0 Å². The molecule has 1 heterocycles. The summed E-state index contributed by atoms with van der Waals surface area (Å²) in [4.78, 5) is 23.3. The van der Waals surface area contributed by atoms with Crippen LogP contribution in [0.1, 0.15) is 71.1 Å². The van der Waals surface area contributed by atoms with Crippen molar-refractivity contribution >= 4 is 11.8 Å². The van der Waals surface area contributed by atoms with Crippen molar-refractivity contribution in [1.82, 2.24) is 0 Å². The third kappa shape index (κ3) is 5.87. The summed E-state index contributed by atoms with van der Waals surface area (Å²) in [7, 11) is 1.42. The number of carbonyl (C=O) groups is 2. The molecule has 0 aromatic carbocycles. The Hall–Kier alpha value is -1.84. The number of ether oxygens (including phenoxy) is 2. The highest BCUT2D eigenvalue weighted by Gasteiger charge is 2.48. The summed E-state index contributed by atoms with van der Waals surface area (Å²) in [6.45, 7) is 2.21. The van der Waals surface area contributed by atoms with Gasteiger partial charge < -0.3 is 9.47 Å². The van der Waals surface area contributed by atoms with Crippen LogP contribution in [0.15, 0.2) is 35.3 Å². The summed E-state index contributed by atoms with van der Waals surface area (Å²) in [5.41, 5.74) is 0.869. The fourth-order valence-corrected chi connectivity index (χ4v) is 3.14. The van der Waals surface area contributed by atoms with Gasteiger partial charge in [0.2, 0.25) is 11.5 Å². The molecule has 25 heavy (non-hydrogen) atoms. The highest BCUT2D eigenvalue weighted by molar-refractivity contribution is 6.14. The van der Waals surface area contributed by atoms with Gasteiger partial charge in [-0.2, -0.15) is 0 Å². The van der Waals surface area contributed by atoms with Crippen LogP contribution in [0.5, 0.6) is 0 Å². The number of allylic oxidation sites excluding steroid dienone is 4. The van der Waals surface area contributed by atoms with E-state index in [4.69, 9.17) is 4.74 Å². The van der Waals surface area contributed by atoms with Crippen molar-refractivity contribution in [2.75, 3.05) is 7.11 Å². The lowest BCUT2D eigenvalue weighted by molar-refractivity contribution is -0.140. The number of methoxy groups -OCH3 is 1. The molecule has 0 amide bonds. The van der Waals surface area contributed by atoms with Crippen LogP contribution >= 0.6 is 0 Å². The molecule has 1 unspecified atom stereocenters. The monoisotopic (exact) mass is 346 g/mol. The Kier molecular flexibility index (Phi) is 7.96. The van der Waals surface area contributed by atoms with Gasteiger partial charge in [-0.15, -0.1) is 0 Å². The smallest absolute Gasteiger partial charge is 0.305 e. The minimum absolute atomic E-state index is 0.0312. The van der Waals surface area contributed by atoms with E-state index >= 15 is 0 Å². The van der Waals surface area contributed by atoms with Crippen LogP contribution in [0.4, 0.5) is 0 Å². The molecule has 0 radical (unpaired) electrons. The van der Waals surface area contributed by atoms with Gasteiger partial charge in [0.15, 0.2) is 5.76 Å². The summed E-state index contributed by atoms with van der Waals surface area (Å²) in [6.07, 6.45) is 16.6. The van der Waals surface area contributed by atoms with E-state index in [-0.39, 0.29) is 17.7 Å². The van der Waals surface area contributed by atoms with E-state index in [9.17, 15) is 9.59 Å². The van der Waals surface area contributed by atoms with Crippen LogP contribution in [0, 0.1) is 5.92 Å². The van der Waals surface area contributed by atoms with Crippen molar-refractivity contribution in [3.63, 3.8) is 0 Å². The number of ketones is 1. The van der Waals surface area contributed by atoms with Crippen LogP contribution in [0.3, 0.4) is 0 Å². The summed E-state index contributed by atoms with van der Waals surface area (Å²) in [5, 5.41) is 0. The second-order valence-corrected chi connectivity index (χ2v) is 6.71. The maximum Gasteiger partial charge on any atom is 0.305 e. The molecule has 4 heteroatoms. The molecular weight excluding hydrogens is 316 g/mol.